The molecule has 3 atom stereocenters. The van der Waals surface area contributed by atoms with Crippen molar-refractivity contribution in [2.45, 2.75) is 264 Å². The van der Waals surface area contributed by atoms with Crippen LogP contribution in [0.15, 0.2) is 24.3 Å². The van der Waals surface area contributed by atoms with Crippen LogP contribution in [0.5, 0.6) is 0 Å². The van der Waals surface area contributed by atoms with Crippen LogP contribution in [0.3, 0.4) is 0 Å². The van der Waals surface area contributed by atoms with E-state index in [1.807, 2.05) is 27.2 Å². The zero-order valence-corrected chi connectivity index (χ0v) is 42.0. The Bertz CT molecular complexity index is 1050. The van der Waals surface area contributed by atoms with Crippen LogP contribution in [0.25, 0.3) is 0 Å². The largest absolute Gasteiger partial charge is 0.756 e. The Hall–Kier alpha value is -1.02. The van der Waals surface area contributed by atoms with Crippen LogP contribution in [-0.4, -0.2) is 68.5 Å². The van der Waals surface area contributed by atoms with Crippen molar-refractivity contribution >= 4 is 13.7 Å². The molecule has 0 aliphatic rings. The highest BCUT2D eigenvalue weighted by atomic mass is 31.2. The van der Waals surface area contributed by atoms with E-state index in [1.165, 1.54) is 193 Å². The normalized spacial score (nSPS) is 14.3. The van der Waals surface area contributed by atoms with E-state index in [0.717, 1.165) is 38.5 Å². The second kappa shape index (κ2) is 44.2. The smallest absolute Gasteiger partial charge is 0.268 e. The molecule has 0 aromatic heterocycles. The van der Waals surface area contributed by atoms with E-state index in [1.54, 1.807) is 6.08 Å². The van der Waals surface area contributed by atoms with Crippen molar-refractivity contribution < 1.29 is 32.9 Å². The average Bonchev–Trinajstić information content (AvgIpc) is 3.21. The molecule has 0 aliphatic carbocycles. The Labute approximate surface area is 379 Å². The van der Waals surface area contributed by atoms with E-state index in [9.17, 15) is 19.4 Å². The number of amides is 1. The zero-order chi connectivity index (χ0) is 45.0. The standard InChI is InChI=1S/C52H103N2O6P/c1-6-8-10-12-14-16-17-18-19-20-21-22-23-24-25-26-27-28-29-30-31-32-33-34-35-36-38-40-42-44-46-52(56)53-50(49-60-61(57,58)59-48-47-54(3,4)5)51(55)45-43-41-39-37-15-13-11-9-7-2/h24-25,43,45,50-51,55H,6-23,26-42,44,46-49H2,1-5H3,(H-,53,56,57,58)/b25-24-,45-43+. The summed E-state index contributed by atoms with van der Waals surface area (Å²) >= 11 is 0. The number of hydrogen-bond donors (Lipinski definition) is 2. The Balaban J connectivity index is 3.98. The van der Waals surface area contributed by atoms with Crippen molar-refractivity contribution in [1.29, 1.82) is 0 Å². The lowest BCUT2D eigenvalue weighted by Gasteiger charge is -2.29. The van der Waals surface area contributed by atoms with Crippen molar-refractivity contribution in [3.05, 3.63) is 24.3 Å². The first-order valence-corrected chi connectivity index (χ1v) is 27.7. The number of carbonyl (C=O) groups is 1. The molecular formula is C52H103N2O6P. The number of nitrogens with zero attached hydrogens (tertiary/aromatic N) is 1. The third-order valence-electron chi connectivity index (χ3n) is 11.9. The maximum Gasteiger partial charge on any atom is 0.268 e. The van der Waals surface area contributed by atoms with Gasteiger partial charge in [0.2, 0.25) is 5.91 Å². The summed E-state index contributed by atoms with van der Waals surface area (Å²) in [6.07, 6.45) is 54.1. The Morgan fingerprint density at radius 2 is 0.902 bits per heavy atom. The van der Waals surface area contributed by atoms with E-state index in [0.29, 0.717) is 17.4 Å². The van der Waals surface area contributed by atoms with Crippen molar-refractivity contribution in [3.63, 3.8) is 0 Å². The van der Waals surface area contributed by atoms with Gasteiger partial charge in [0, 0.05) is 6.42 Å². The quantitative estimate of drug-likeness (QED) is 0.0273. The number of likely N-dealkylation sites (N-methyl/N-ethyl adjacent to an activating group) is 1. The highest BCUT2D eigenvalue weighted by Crippen LogP contribution is 2.38. The van der Waals surface area contributed by atoms with E-state index >= 15 is 0 Å². The van der Waals surface area contributed by atoms with Gasteiger partial charge in [-0.1, -0.05) is 224 Å². The molecule has 0 radical (unpaired) electrons. The van der Waals surface area contributed by atoms with Gasteiger partial charge in [0.15, 0.2) is 0 Å². The van der Waals surface area contributed by atoms with E-state index in [4.69, 9.17) is 9.05 Å². The number of aliphatic hydroxyl groups excluding tert-OH is 1. The monoisotopic (exact) mass is 883 g/mol. The van der Waals surface area contributed by atoms with Gasteiger partial charge in [-0.05, 0) is 44.9 Å². The minimum Gasteiger partial charge on any atom is -0.756 e. The molecule has 0 aromatic carbocycles. The number of quaternary nitrogens is 1. The van der Waals surface area contributed by atoms with Crippen LogP contribution in [0.2, 0.25) is 0 Å². The molecule has 3 unspecified atom stereocenters. The van der Waals surface area contributed by atoms with Crippen molar-refractivity contribution in [2.75, 3.05) is 40.9 Å². The molecule has 0 saturated carbocycles. The van der Waals surface area contributed by atoms with Gasteiger partial charge >= 0.3 is 0 Å². The molecule has 1 amide bonds. The molecule has 0 saturated heterocycles. The van der Waals surface area contributed by atoms with Crippen LogP contribution in [0.4, 0.5) is 0 Å². The van der Waals surface area contributed by atoms with Gasteiger partial charge in [0.05, 0.1) is 39.9 Å². The Kier molecular flexibility index (Phi) is 43.5. The first-order valence-electron chi connectivity index (χ1n) is 26.2. The lowest BCUT2D eigenvalue weighted by molar-refractivity contribution is -0.870. The Morgan fingerprint density at radius 1 is 0.557 bits per heavy atom. The number of rotatable bonds is 48. The molecule has 0 fully saturated rings. The second-order valence-electron chi connectivity index (χ2n) is 19.2. The van der Waals surface area contributed by atoms with Gasteiger partial charge in [-0.2, -0.15) is 0 Å². The van der Waals surface area contributed by atoms with Gasteiger partial charge < -0.3 is 28.8 Å². The molecule has 362 valence electrons. The first kappa shape index (κ1) is 60.0. The molecule has 0 rings (SSSR count). The number of hydrogen-bond acceptors (Lipinski definition) is 6. The van der Waals surface area contributed by atoms with E-state index in [2.05, 4.69) is 31.3 Å². The lowest BCUT2D eigenvalue weighted by Crippen LogP contribution is -2.45. The topological polar surface area (TPSA) is 108 Å². The lowest BCUT2D eigenvalue weighted by atomic mass is 10.0. The fourth-order valence-electron chi connectivity index (χ4n) is 7.74. The summed E-state index contributed by atoms with van der Waals surface area (Å²) in [5, 5.41) is 13.7. The van der Waals surface area contributed by atoms with Gasteiger partial charge in [-0.15, -0.1) is 0 Å². The summed E-state index contributed by atoms with van der Waals surface area (Å²) < 4.78 is 23.2. The van der Waals surface area contributed by atoms with Crippen LogP contribution < -0.4 is 10.2 Å². The van der Waals surface area contributed by atoms with Crippen molar-refractivity contribution in [1.82, 2.24) is 5.32 Å². The highest BCUT2D eigenvalue weighted by molar-refractivity contribution is 7.45. The van der Waals surface area contributed by atoms with Crippen LogP contribution >= 0.6 is 7.82 Å². The molecule has 0 aliphatic heterocycles. The summed E-state index contributed by atoms with van der Waals surface area (Å²) in [5.74, 6) is -0.197. The molecule has 0 heterocycles. The predicted octanol–water partition coefficient (Wildman–Crippen LogP) is 14.6. The summed E-state index contributed by atoms with van der Waals surface area (Å²) in [6, 6.07) is -0.881. The number of allylic oxidation sites excluding steroid dienone is 3. The van der Waals surface area contributed by atoms with Crippen LogP contribution in [0, 0.1) is 0 Å². The highest BCUT2D eigenvalue weighted by Gasteiger charge is 2.23. The van der Waals surface area contributed by atoms with E-state index in [-0.39, 0.29) is 19.1 Å². The van der Waals surface area contributed by atoms with Gasteiger partial charge in [0.1, 0.15) is 13.2 Å². The number of phosphoric acid groups is 1. The van der Waals surface area contributed by atoms with Crippen molar-refractivity contribution in [2.24, 2.45) is 0 Å². The summed E-state index contributed by atoms with van der Waals surface area (Å²) in [7, 11) is 1.27. The third kappa shape index (κ3) is 46.8. The molecule has 2 N–H and O–H groups in total. The molecule has 0 spiro atoms. The number of aliphatic hydroxyl groups is 1. The molecular weight excluding hydrogens is 780 g/mol. The van der Waals surface area contributed by atoms with Crippen LogP contribution in [0.1, 0.15) is 251 Å². The zero-order valence-electron chi connectivity index (χ0n) is 41.1. The maximum atomic E-state index is 12.9. The first-order chi connectivity index (χ1) is 29.5. The average molecular weight is 883 g/mol. The van der Waals surface area contributed by atoms with Crippen molar-refractivity contribution in [3.8, 4) is 0 Å². The van der Waals surface area contributed by atoms with Gasteiger partial charge in [-0.3, -0.25) is 9.36 Å². The minimum atomic E-state index is -4.58. The number of carbonyl (C=O) groups excluding carboxylic acids is 1. The van der Waals surface area contributed by atoms with Gasteiger partial charge in [-0.25, -0.2) is 0 Å². The van der Waals surface area contributed by atoms with E-state index < -0.39 is 20.0 Å². The Morgan fingerprint density at radius 3 is 1.28 bits per heavy atom. The SMILES string of the molecule is CCCCCCCCC/C=C/C(O)C(COP(=O)([O-])OCC[N+](C)(C)C)NC(=O)CCCCCCCCCCCCCCCC/C=C\CCCCCCCCCCCCCC. The molecule has 61 heavy (non-hydrogen) atoms. The maximum absolute atomic E-state index is 12.9. The fraction of sp³-hybridized carbons (Fsp3) is 0.904. The second-order valence-corrected chi connectivity index (χ2v) is 20.6. The summed E-state index contributed by atoms with van der Waals surface area (Å²) in [6.45, 7) is 4.63. The third-order valence-corrected chi connectivity index (χ3v) is 12.9. The molecule has 8 nitrogen and oxygen atoms in total. The van der Waals surface area contributed by atoms with Crippen LogP contribution in [-0.2, 0) is 18.4 Å². The molecule has 0 aromatic rings. The summed E-state index contributed by atoms with van der Waals surface area (Å²) in [5.41, 5.74) is 0. The predicted molar refractivity (Wildman–Crippen MR) is 261 cm³/mol. The number of nitrogens with one attached hydrogen (secondary N) is 1. The summed E-state index contributed by atoms with van der Waals surface area (Å²) in [4.78, 5) is 25.3. The molecule has 9 heteroatoms. The minimum absolute atomic E-state index is 0.000335. The molecule has 0 bridgehead atoms. The van der Waals surface area contributed by atoms with Gasteiger partial charge in [0.25, 0.3) is 7.82 Å². The number of phosphoric ester groups is 1. The fourth-order valence-corrected chi connectivity index (χ4v) is 8.46. The number of unbranched alkanes of at least 4 members (excludes halogenated alkanes) is 33.